The summed E-state index contributed by atoms with van der Waals surface area (Å²) >= 11 is 5.85. The Hall–Kier alpha value is -1.25. The summed E-state index contributed by atoms with van der Waals surface area (Å²) < 4.78 is 32.3. The highest BCUT2D eigenvalue weighted by Crippen LogP contribution is 2.26. The number of hydrogen-bond donors (Lipinski definition) is 0. The fraction of sp³-hybridized carbons (Fsp3) is 0.556. The summed E-state index contributed by atoms with van der Waals surface area (Å²) in [7, 11) is -2.43. The largest absolute Gasteiger partial charge is 0.376 e. The lowest BCUT2D eigenvalue weighted by atomic mass is 10.4. The minimum atomic E-state index is -3.90. The van der Waals surface area contributed by atoms with Crippen LogP contribution in [0.15, 0.2) is 16.2 Å². The van der Waals surface area contributed by atoms with Crippen LogP contribution in [0.3, 0.4) is 0 Å². The van der Waals surface area contributed by atoms with Crippen LogP contribution in [-0.4, -0.2) is 54.5 Å². The minimum absolute atomic E-state index is 0.00391. The molecule has 2 heterocycles. The van der Waals surface area contributed by atoms with Crippen molar-refractivity contribution < 1.29 is 17.9 Å². The van der Waals surface area contributed by atoms with Crippen LogP contribution in [0.25, 0.3) is 0 Å². The lowest BCUT2D eigenvalue weighted by Crippen LogP contribution is -2.48. The second kappa shape index (κ2) is 5.40. The number of hydrogen-bond acceptors (Lipinski definition) is 6. The molecule has 19 heavy (non-hydrogen) atoms. The molecule has 1 aliphatic heterocycles. The van der Waals surface area contributed by atoms with Gasteiger partial charge in [-0.05, 0) is 0 Å². The van der Waals surface area contributed by atoms with Gasteiger partial charge in [0.05, 0.1) is 24.4 Å². The van der Waals surface area contributed by atoms with E-state index in [0.29, 0.717) is 0 Å². The smallest absolute Gasteiger partial charge is 0.263 e. The standard InChI is InChI=1S/C9H11ClN4O4S/c1-13-9(7(10)4-12-13)19(16,17)14-2-3-18-5-8(14)11-6-15/h4,8H,2-3,5H2,1H3. The van der Waals surface area contributed by atoms with Crippen LogP contribution < -0.4 is 0 Å². The molecule has 104 valence electrons. The maximum absolute atomic E-state index is 12.5. The van der Waals surface area contributed by atoms with Gasteiger partial charge >= 0.3 is 0 Å². The second-order valence-corrected chi connectivity index (χ2v) is 6.03. The fourth-order valence-corrected chi connectivity index (χ4v) is 3.92. The van der Waals surface area contributed by atoms with Gasteiger partial charge in [0.25, 0.3) is 10.0 Å². The first-order valence-electron chi connectivity index (χ1n) is 5.32. The molecule has 1 aliphatic rings. The molecule has 0 spiro atoms. The fourth-order valence-electron chi connectivity index (χ4n) is 1.82. The Morgan fingerprint density at radius 1 is 1.63 bits per heavy atom. The van der Waals surface area contributed by atoms with Gasteiger partial charge in [-0.25, -0.2) is 13.2 Å². The number of rotatable bonds is 3. The predicted octanol–water partition coefficient (Wildman–Crippen LogP) is -0.244. The van der Waals surface area contributed by atoms with Crippen molar-refractivity contribution in [3.8, 4) is 0 Å². The van der Waals surface area contributed by atoms with E-state index in [9.17, 15) is 13.2 Å². The molecule has 0 saturated carbocycles. The molecule has 1 aromatic heterocycles. The Bertz CT molecular complexity index is 603. The highest BCUT2D eigenvalue weighted by molar-refractivity contribution is 7.89. The van der Waals surface area contributed by atoms with E-state index in [4.69, 9.17) is 16.3 Å². The van der Waals surface area contributed by atoms with E-state index < -0.39 is 16.2 Å². The molecule has 1 saturated heterocycles. The Morgan fingerprint density at radius 3 is 2.95 bits per heavy atom. The molecule has 1 fully saturated rings. The van der Waals surface area contributed by atoms with Gasteiger partial charge in [0.2, 0.25) is 6.08 Å². The van der Waals surface area contributed by atoms with Crippen LogP contribution in [0.5, 0.6) is 0 Å². The summed E-state index contributed by atoms with van der Waals surface area (Å²) in [4.78, 5) is 13.8. The number of ether oxygens (including phenoxy) is 1. The molecule has 0 N–H and O–H groups in total. The van der Waals surface area contributed by atoms with Crippen LogP contribution >= 0.6 is 11.6 Å². The Morgan fingerprint density at radius 2 is 2.37 bits per heavy atom. The second-order valence-electron chi connectivity index (χ2n) is 3.81. The number of carbonyl (C=O) groups excluding carboxylic acids is 1. The monoisotopic (exact) mass is 306 g/mol. The van der Waals surface area contributed by atoms with Gasteiger partial charge < -0.3 is 4.74 Å². The third-order valence-electron chi connectivity index (χ3n) is 2.65. The Labute approximate surface area is 114 Å². The van der Waals surface area contributed by atoms with Crippen LogP contribution in [0.4, 0.5) is 0 Å². The lowest BCUT2D eigenvalue weighted by molar-refractivity contribution is 0.0357. The summed E-state index contributed by atoms with van der Waals surface area (Å²) in [5.41, 5.74) is 0. The van der Waals surface area contributed by atoms with Crippen molar-refractivity contribution in [2.75, 3.05) is 19.8 Å². The van der Waals surface area contributed by atoms with E-state index in [1.165, 1.54) is 19.3 Å². The van der Waals surface area contributed by atoms with E-state index in [1.807, 2.05) is 0 Å². The van der Waals surface area contributed by atoms with Crippen molar-refractivity contribution in [1.29, 1.82) is 0 Å². The Kier molecular flexibility index (Phi) is 4.02. The molecule has 10 heteroatoms. The molecule has 1 atom stereocenters. The number of isocyanates is 1. The van der Waals surface area contributed by atoms with Crippen molar-refractivity contribution >= 4 is 27.7 Å². The van der Waals surface area contributed by atoms with Gasteiger partial charge in [0.15, 0.2) is 11.2 Å². The number of aromatic nitrogens is 2. The molecule has 0 radical (unpaired) electrons. The van der Waals surface area contributed by atoms with Crippen molar-refractivity contribution in [3.63, 3.8) is 0 Å². The van der Waals surface area contributed by atoms with Crippen molar-refractivity contribution in [1.82, 2.24) is 14.1 Å². The highest BCUT2D eigenvalue weighted by Gasteiger charge is 2.37. The molecule has 1 unspecified atom stereocenters. The molecule has 8 nitrogen and oxygen atoms in total. The molecule has 0 amide bonds. The van der Waals surface area contributed by atoms with Gasteiger partial charge in [0.1, 0.15) is 0 Å². The average Bonchev–Trinajstić information content (AvgIpc) is 2.70. The zero-order chi connectivity index (χ0) is 14.0. The molecular weight excluding hydrogens is 296 g/mol. The summed E-state index contributed by atoms with van der Waals surface area (Å²) in [6.07, 6.45) is 1.66. The lowest BCUT2D eigenvalue weighted by Gasteiger charge is -2.30. The van der Waals surface area contributed by atoms with Crippen LogP contribution in [0, 0.1) is 0 Å². The first kappa shape index (κ1) is 14.2. The number of sulfonamides is 1. The van der Waals surface area contributed by atoms with E-state index in [1.54, 1.807) is 0 Å². The van der Waals surface area contributed by atoms with Gasteiger partial charge in [-0.15, -0.1) is 0 Å². The summed E-state index contributed by atoms with van der Waals surface area (Å²) in [5, 5.41) is 3.67. The summed E-state index contributed by atoms with van der Waals surface area (Å²) in [5.74, 6) is 0. The van der Waals surface area contributed by atoms with E-state index >= 15 is 0 Å². The average molecular weight is 307 g/mol. The SMILES string of the molecule is Cn1ncc(Cl)c1S(=O)(=O)N1CCOCC1N=C=O. The third-order valence-corrected chi connectivity index (χ3v) is 5.06. The molecule has 1 aromatic rings. The topological polar surface area (TPSA) is 93.9 Å². The number of nitrogens with zero attached hydrogens (tertiary/aromatic N) is 4. The van der Waals surface area contributed by atoms with Crippen LogP contribution in [0.1, 0.15) is 0 Å². The number of halogens is 1. The van der Waals surface area contributed by atoms with Crippen molar-refractivity contribution in [2.24, 2.45) is 12.0 Å². The minimum Gasteiger partial charge on any atom is -0.376 e. The maximum atomic E-state index is 12.5. The first-order valence-corrected chi connectivity index (χ1v) is 7.14. The predicted molar refractivity (Wildman–Crippen MR) is 64.8 cm³/mol. The highest BCUT2D eigenvalue weighted by atomic mass is 35.5. The molecule has 0 aliphatic carbocycles. The summed E-state index contributed by atoms with van der Waals surface area (Å²) in [6.45, 7) is 0.309. The first-order chi connectivity index (χ1) is 8.98. The molecule has 0 bridgehead atoms. The van der Waals surface area contributed by atoms with Gasteiger partial charge in [-0.2, -0.15) is 14.4 Å². The quantitative estimate of drug-likeness (QED) is 0.567. The normalized spacial score (nSPS) is 21.1. The zero-order valence-electron chi connectivity index (χ0n) is 9.98. The van der Waals surface area contributed by atoms with Crippen LogP contribution in [-0.2, 0) is 26.6 Å². The van der Waals surface area contributed by atoms with E-state index in [2.05, 4.69) is 10.1 Å². The van der Waals surface area contributed by atoms with Crippen molar-refractivity contribution in [2.45, 2.75) is 11.2 Å². The van der Waals surface area contributed by atoms with Gasteiger partial charge in [-0.1, -0.05) is 11.6 Å². The molecule has 0 aromatic carbocycles. The van der Waals surface area contributed by atoms with Crippen molar-refractivity contribution in [3.05, 3.63) is 11.2 Å². The summed E-state index contributed by atoms with van der Waals surface area (Å²) in [6, 6.07) is 0. The third kappa shape index (κ3) is 2.56. The van der Waals surface area contributed by atoms with Crippen LogP contribution in [0.2, 0.25) is 5.02 Å². The zero-order valence-corrected chi connectivity index (χ0v) is 11.6. The van der Waals surface area contributed by atoms with E-state index in [-0.39, 0.29) is 29.8 Å². The Balaban J connectivity index is 2.46. The molecular formula is C9H11ClN4O4S. The van der Waals surface area contributed by atoms with Gasteiger partial charge in [0, 0.05) is 13.6 Å². The number of aryl methyl sites for hydroxylation is 1. The number of aliphatic imine (C=N–C) groups is 1. The molecule has 2 rings (SSSR count). The maximum Gasteiger partial charge on any atom is 0.263 e. The van der Waals surface area contributed by atoms with E-state index in [0.717, 1.165) is 8.99 Å². The number of morpholine rings is 1. The van der Waals surface area contributed by atoms with Gasteiger partial charge in [-0.3, -0.25) is 4.68 Å².